The SMILES string of the molecule is CN1CCCCCCCC1C1CCCCCCCC1N. The molecule has 0 radical (unpaired) electrons. The Balaban J connectivity index is 2.01. The fraction of sp³-hybridized carbons (Fsp3) is 1.00. The topological polar surface area (TPSA) is 29.3 Å². The van der Waals surface area contributed by atoms with E-state index in [2.05, 4.69) is 11.9 Å². The van der Waals surface area contributed by atoms with Crippen molar-refractivity contribution in [3.05, 3.63) is 0 Å². The maximum Gasteiger partial charge on any atom is 0.0135 e. The van der Waals surface area contributed by atoms with E-state index in [0.29, 0.717) is 6.04 Å². The molecule has 118 valence electrons. The minimum atomic E-state index is 0.446. The molecule has 0 aromatic rings. The van der Waals surface area contributed by atoms with Gasteiger partial charge in [-0.3, -0.25) is 0 Å². The van der Waals surface area contributed by atoms with Crippen molar-refractivity contribution in [1.29, 1.82) is 0 Å². The molecule has 1 saturated carbocycles. The van der Waals surface area contributed by atoms with Crippen molar-refractivity contribution in [2.75, 3.05) is 13.6 Å². The molecule has 2 heteroatoms. The van der Waals surface area contributed by atoms with Crippen LogP contribution in [0, 0.1) is 5.92 Å². The van der Waals surface area contributed by atoms with Crippen LogP contribution in [0.3, 0.4) is 0 Å². The summed E-state index contributed by atoms with van der Waals surface area (Å²) in [6.45, 7) is 1.29. The first-order valence-corrected chi connectivity index (χ1v) is 9.25. The van der Waals surface area contributed by atoms with Gasteiger partial charge in [0.25, 0.3) is 0 Å². The highest BCUT2D eigenvalue weighted by atomic mass is 15.1. The van der Waals surface area contributed by atoms with E-state index in [-0.39, 0.29) is 0 Å². The van der Waals surface area contributed by atoms with Gasteiger partial charge in [0, 0.05) is 12.1 Å². The molecule has 0 spiro atoms. The van der Waals surface area contributed by atoms with Crippen LogP contribution in [-0.2, 0) is 0 Å². The lowest BCUT2D eigenvalue weighted by atomic mass is 9.82. The molecular weight excluding hydrogens is 244 g/mol. The third kappa shape index (κ3) is 5.04. The number of nitrogens with zero attached hydrogens (tertiary/aromatic N) is 1. The molecule has 2 nitrogen and oxygen atoms in total. The Morgan fingerprint density at radius 2 is 1.25 bits per heavy atom. The molecule has 1 saturated heterocycles. The maximum atomic E-state index is 6.61. The van der Waals surface area contributed by atoms with Gasteiger partial charge in [0.05, 0.1) is 0 Å². The number of hydrogen-bond donors (Lipinski definition) is 1. The van der Waals surface area contributed by atoms with E-state index in [1.54, 1.807) is 0 Å². The average Bonchev–Trinajstić information content (AvgIpc) is 2.60. The second-order valence-corrected chi connectivity index (χ2v) is 7.28. The van der Waals surface area contributed by atoms with E-state index >= 15 is 0 Å². The van der Waals surface area contributed by atoms with Crippen molar-refractivity contribution >= 4 is 0 Å². The summed E-state index contributed by atoms with van der Waals surface area (Å²) in [6.07, 6.45) is 18.1. The van der Waals surface area contributed by atoms with Crippen LogP contribution in [0.15, 0.2) is 0 Å². The van der Waals surface area contributed by atoms with Gasteiger partial charge >= 0.3 is 0 Å². The first-order valence-electron chi connectivity index (χ1n) is 9.25. The summed E-state index contributed by atoms with van der Waals surface area (Å²) < 4.78 is 0. The second-order valence-electron chi connectivity index (χ2n) is 7.28. The van der Waals surface area contributed by atoms with Gasteiger partial charge in [0.15, 0.2) is 0 Å². The van der Waals surface area contributed by atoms with Crippen LogP contribution in [0.1, 0.15) is 83.5 Å². The van der Waals surface area contributed by atoms with Gasteiger partial charge in [-0.2, -0.15) is 0 Å². The van der Waals surface area contributed by atoms with Gasteiger partial charge < -0.3 is 10.6 Å². The number of rotatable bonds is 1. The van der Waals surface area contributed by atoms with E-state index in [0.717, 1.165) is 12.0 Å². The highest BCUT2D eigenvalue weighted by molar-refractivity contribution is 4.86. The molecule has 0 bridgehead atoms. The van der Waals surface area contributed by atoms with Gasteiger partial charge in [-0.15, -0.1) is 0 Å². The summed E-state index contributed by atoms with van der Waals surface area (Å²) in [4.78, 5) is 2.66. The van der Waals surface area contributed by atoms with E-state index in [1.165, 1.54) is 90.0 Å². The lowest BCUT2D eigenvalue weighted by molar-refractivity contribution is 0.134. The molecule has 1 aliphatic heterocycles. The molecule has 2 fully saturated rings. The second kappa shape index (κ2) is 9.04. The van der Waals surface area contributed by atoms with Gasteiger partial charge in [-0.25, -0.2) is 0 Å². The molecule has 3 unspecified atom stereocenters. The zero-order valence-corrected chi connectivity index (χ0v) is 13.7. The molecule has 0 aromatic carbocycles. The summed E-state index contributed by atoms with van der Waals surface area (Å²) >= 11 is 0. The molecule has 1 heterocycles. The first-order chi connectivity index (χ1) is 9.79. The van der Waals surface area contributed by atoms with E-state index < -0.39 is 0 Å². The molecule has 20 heavy (non-hydrogen) atoms. The van der Waals surface area contributed by atoms with Crippen LogP contribution in [0.4, 0.5) is 0 Å². The highest BCUT2D eigenvalue weighted by Gasteiger charge is 2.30. The number of hydrogen-bond acceptors (Lipinski definition) is 2. The summed E-state index contributed by atoms with van der Waals surface area (Å²) in [7, 11) is 2.36. The predicted molar refractivity (Wildman–Crippen MR) is 87.9 cm³/mol. The lowest BCUT2D eigenvalue weighted by Gasteiger charge is -2.38. The van der Waals surface area contributed by atoms with Crippen LogP contribution >= 0.6 is 0 Å². The smallest absolute Gasteiger partial charge is 0.0135 e. The van der Waals surface area contributed by atoms with Crippen LogP contribution in [0.5, 0.6) is 0 Å². The monoisotopic (exact) mass is 280 g/mol. The van der Waals surface area contributed by atoms with Crippen LogP contribution < -0.4 is 5.73 Å². The third-order valence-corrected chi connectivity index (χ3v) is 5.70. The first kappa shape index (κ1) is 16.3. The Bertz CT molecular complexity index is 228. The quantitative estimate of drug-likeness (QED) is 0.774. The molecule has 2 N–H and O–H groups in total. The molecule has 2 rings (SSSR count). The van der Waals surface area contributed by atoms with Crippen molar-refractivity contribution < 1.29 is 0 Å². The van der Waals surface area contributed by atoms with Gasteiger partial charge in [-0.05, 0) is 45.2 Å². The van der Waals surface area contributed by atoms with Crippen LogP contribution in [0.2, 0.25) is 0 Å². The van der Waals surface area contributed by atoms with E-state index in [1.807, 2.05) is 0 Å². The van der Waals surface area contributed by atoms with Crippen LogP contribution in [0.25, 0.3) is 0 Å². The van der Waals surface area contributed by atoms with Crippen molar-refractivity contribution in [3.63, 3.8) is 0 Å². The van der Waals surface area contributed by atoms with Crippen molar-refractivity contribution in [2.24, 2.45) is 11.7 Å². The normalized spacial score (nSPS) is 36.0. The zero-order chi connectivity index (χ0) is 14.2. The number of nitrogens with two attached hydrogens (primary N) is 1. The highest BCUT2D eigenvalue weighted by Crippen LogP contribution is 2.30. The fourth-order valence-corrected chi connectivity index (χ4v) is 4.37. The van der Waals surface area contributed by atoms with E-state index in [9.17, 15) is 0 Å². The largest absolute Gasteiger partial charge is 0.327 e. The zero-order valence-electron chi connectivity index (χ0n) is 13.7. The Morgan fingerprint density at radius 3 is 2.00 bits per heavy atom. The summed E-state index contributed by atoms with van der Waals surface area (Å²) in [5.41, 5.74) is 6.61. The van der Waals surface area contributed by atoms with E-state index in [4.69, 9.17) is 5.73 Å². The van der Waals surface area contributed by atoms with Crippen molar-refractivity contribution in [2.45, 2.75) is 95.6 Å². The van der Waals surface area contributed by atoms with Gasteiger partial charge in [0.2, 0.25) is 0 Å². The Hall–Kier alpha value is -0.0800. The minimum Gasteiger partial charge on any atom is -0.327 e. The molecular formula is C18H36N2. The molecule has 1 aliphatic carbocycles. The van der Waals surface area contributed by atoms with Crippen molar-refractivity contribution in [3.8, 4) is 0 Å². The third-order valence-electron chi connectivity index (χ3n) is 5.70. The summed E-state index contributed by atoms with van der Waals surface area (Å²) in [6, 6.07) is 1.20. The molecule has 0 amide bonds. The molecule has 3 atom stereocenters. The van der Waals surface area contributed by atoms with Crippen LogP contribution in [-0.4, -0.2) is 30.6 Å². The minimum absolute atomic E-state index is 0.446. The van der Waals surface area contributed by atoms with Gasteiger partial charge in [0.1, 0.15) is 0 Å². The Kier molecular flexibility index (Phi) is 7.37. The Morgan fingerprint density at radius 1 is 0.700 bits per heavy atom. The molecule has 2 aliphatic rings. The average molecular weight is 280 g/mol. The summed E-state index contributed by atoms with van der Waals surface area (Å²) in [5, 5.41) is 0. The lowest BCUT2D eigenvalue weighted by Crippen LogP contribution is -2.46. The predicted octanol–water partition coefficient (Wildman–Crippen LogP) is 4.33. The van der Waals surface area contributed by atoms with Crippen molar-refractivity contribution in [1.82, 2.24) is 4.90 Å². The standard InChI is InChI=1S/C18H36N2/c1-20-15-11-7-3-6-10-14-18(20)16-12-8-4-2-5-9-13-17(16)19/h16-18H,2-15,19H2,1H3. The summed E-state index contributed by atoms with van der Waals surface area (Å²) in [5.74, 6) is 0.746. The molecule has 0 aromatic heterocycles. The fourth-order valence-electron chi connectivity index (χ4n) is 4.37. The van der Waals surface area contributed by atoms with Gasteiger partial charge in [-0.1, -0.05) is 57.8 Å². The Labute approximate surface area is 126 Å². The maximum absolute atomic E-state index is 6.61.